The number of carbonyl (C=O) groups excluding carboxylic acids is 1. The van der Waals surface area contributed by atoms with Gasteiger partial charge in [0.15, 0.2) is 5.78 Å². The highest BCUT2D eigenvalue weighted by molar-refractivity contribution is 7.17. The number of fused-ring (bicyclic) bond motifs is 2. The fraction of sp³-hybridized carbons (Fsp3) is 0.167. The van der Waals surface area contributed by atoms with E-state index < -0.39 is 6.10 Å². The standard InChI is InChI=1S/C18H14N2O2S2/c1-9(21)11-3-5-13(15-17(11)23-7-19-15)14-6-4-12(10(2)22)18-16(14)20-8-24-18/h3-9,21H,1-2H3. The predicted molar refractivity (Wildman–Crippen MR) is 98.9 cm³/mol. The first kappa shape index (κ1) is 15.4. The van der Waals surface area contributed by atoms with Gasteiger partial charge in [-0.15, -0.1) is 22.7 Å². The van der Waals surface area contributed by atoms with Crippen molar-refractivity contribution in [3.63, 3.8) is 0 Å². The number of aliphatic hydroxyl groups excluding tert-OH is 1. The average molecular weight is 354 g/mol. The average Bonchev–Trinajstić information content (AvgIpc) is 3.21. The van der Waals surface area contributed by atoms with Gasteiger partial charge < -0.3 is 5.11 Å². The molecule has 1 N–H and O–H groups in total. The molecule has 1 atom stereocenters. The summed E-state index contributed by atoms with van der Waals surface area (Å²) in [6.45, 7) is 3.33. The molecular weight excluding hydrogens is 340 g/mol. The van der Waals surface area contributed by atoms with Gasteiger partial charge in [0.25, 0.3) is 0 Å². The number of benzene rings is 2. The van der Waals surface area contributed by atoms with Gasteiger partial charge in [0.1, 0.15) is 0 Å². The number of thiazole rings is 2. The molecule has 4 nitrogen and oxygen atoms in total. The van der Waals surface area contributed by atoms with E-state index in [0.29, 0.717) is 5.56 Å². The van der Waals surface area contributed by atoms with Crippen molar-refractivity contribution in [2.45, 2.75) is 20.0 Å². The highest BCUT2D eigenvalue weighted by atomic mass is 32.1. The predicted octanol–water partition coefficient (Wildman–Crippen LogP) is 4.83. The van der Waals surface area contributed by atoms with Gasteiger partial charge in [-0.05, 0) is 25.5 Å². The number of nitrogens with zero attached hydrogens (tertiary/aromatic N) is 2. The van der Waals surface area contributed by atoms with E-state index in [1.54, 1.807) is 24.9 Å². The largest absolute Gasteiger partial charge is 0.389 e. The van der Waals surface area contributed by atoms with Crippen molar-refractivity contribution >= 4 is 48.9 Å². The SMILES string of the molecule is CC(=O)c1ccc(-c2ccc(C(C)O)c3scnc23)c2ncsc12. The van der Waals surface area contributed by atoms with Crippen LogP contribution in [0.2, 0.25) is 0 Å². The molecule has 0 spiro atoms. The zero-order valence-electron chi connectivity index (χ0n) is 13.1. The lowest BCUT2D eigenvalue weighted by atomic mass is 9.98. The third kappa shape index (κ3) is 2.26. The summed E-state index contributed by atoms with van der Waals surface area (Å²) in [6.07, 6.45) is -0.540. The molecule has 1 unspecified atom stereocenters. The molecule has 0 saturated carbocycles. The highest BCUT2D eigenvalue weighted by Crippen LogP contribution is 2.38. The van der Waals surface area contributed by atoms with E-state index in [4.69, 9.17) is 0 Å². The molecular formula is C18H14N2O2S2. The monoisotopic (exact) mass is 354 g/mol. The van der Waals surface area contributed by atoms with E-state index in [-0.39, 0.29) is 5.78 Å². The fourth-order valence-corrected chi connectivity index (χ4v) is 4.75. The van der Waals surface area contributed by atoms with Crippen LogP contribution in [-0.2, 0) is 0 Å². The van der Waals surface area contributed by atoms with Crippen molar-refractivity contribution in [1.82, 2.24) is 9.97 Å². The van der Waals surface area contributed by atoms with Gasteiger partial charge in [0.05, 0.1) is 37.6 Å². The van der Waals surface area contributed by atoms with Crippen LogP contribution in [0, 0.1) is 0 Å². The first-order chi connectivity index (χ1) is 11.6. The first-order valence-electron chi connectivity index (χ1n) is 7.49. The lowest BCUT2D eigenvalue weighted by Gasteiger charge is -2.10. The molecule has 2 heterocycles. The van der Waals surface area contributed by atoms with E-state index >= 15 is 0 Å². The topological polar surface area (TPSA) is 63.1 Å². The van der Waals surface area contributed by atoms with Gasteiger partial charge in [-0.25, -0.2) is 9.97 Å². The van der Waals surface area contributed by atoms with Crippen molar-refractivity contribution in [3.05, 3.63) is 46.4 Å². The first-order valence-corrected chi connectivity index (χ1v) is 9.25. The molecule has 24 heavy (non-hydrogen) atoms. The number of Topliss-reactive ketones (excluding diaryl/α,β-unsaturated/α-hetero) is 1. The molecule has 0 fully saturated rings. The Morgan fingerprint density at radius 3 is 2.21 bits per heavy atom. The van der Waals surface area contributed by atoms with Gasteiger partial charge in [-0.3, -0.25) is 4.79 Å². The van der Waals surface area contributed by atoms with Crippen LogP contribution in [0.25, 0.3) is 31.6 Å². The van der Waals surface area contributed by atoms with Crippen LogP contribution in [0.1, 0.15) is 35.9 Å². The summed E-state index contributed by atoms with van der Waals surface area (Å²) >= 11 is 3.00. The van der Waals surface area contributed by atoms with Crippen molar-refractivity contribution in [1.29, 1.82) is 0 Å². The Bertz CT molecular complexity index is 1080. The van der Waals surface area contributed by atoms with E-state index in [2.05, 4.69) is 9.97 Å². The molecule has 0 saturated heterocycles. The number of hydrogen-bond donors (Lipinski definition) is 1. The summed E-state index contributed by atoms with van der Waals surface area (Å²) in [5, 5.41) is 9.97. The normalized spacial score (nSPS) is 12.8. The summed E-state index contributed by atoms with van der Waals surface area (Å²) in [6, 6.07) is 7.72. The molecule has 0 aliphatic carbocycles. The molecule has 2 aromatic carbocycles. The van der Waals surface area contributed by atoms with Gasteiger partial charge in [0, 0.05) is 16.7 Å². The minimum Gasteiger partial charge on any atom is -0.389 e. The van der Waals surface area contributed by atoms with Crippen LogP contribution in [0.15, 0.2) is 35.3 Å². The summed E-state index contributed by atoms with van der Waals surface area (Å²) in [5.41, 5.74) is 8.77. The lowest BCUT2D eigenvalue weighted by Crippen LogP contribution is -1.95. The third-order valence-corrected chi connectivity index (χ3v) is 5.85. The van der Waals surface area contributed by atoms with E-state index in [9.17, 15) is 9.90 Å². The second-order valence-corrected chi connectivity index (χ2v) is 7.36. The second-order valence-electron chi connectivity index (χ2n) is 5.66. The zero-order valence-corrected chi connectivity index (χ0v) is 14.7. The van der Waals surface area contributed by atoms with Crippen molar-refractivity contribution < 1.29 is 9.90 Å². The number of hydrogen-bond acceptors (Lipinski definition) is 6. The Balaban J connectivity index is 2.03. The van der Waals surface area contributed by atoms with Crippen LogP contribution in [0.4, 0.5) is 0 Å². The Morgan fingerprint density at radius 2 is 1.58 bits per heavy atom. The number of rotatable bonds is 3. The number of carbonyl (C=O) groups is 1. The van der Waals surface area contributed by atoms with Gasteiger partial charge in [0.2, 0.25) is 0 Å². The zero-order chi connectivity index (χ0) is 16.8. The van der Waals surface area contributed by atoms with Gasteiger partial charge in [-0.1, -0.05) is 18.2 Å². The van der Waals surface area contributed by atoms with E-state index in [1.165, 1.54) is 22.7 Å². The molecule has 2 aromatic heterocycles. The quantitative estimate of drug-likeness (QED) is 0.535. The maximum atomic E-state index is 11.8. The maximum Gasteiger partial charge on any atom is 0.161 e. The molecule has 0 radical (unpaired) electrons. The summed E-state index contributed by atoms with van der Waals surface area (Å²) in [5.74, 6) is 0.0408. The lowest BCUT2D eigenvalue weighted by molar-refractivity contribution is 0.101. The number of ketones is 1. The molecule has 4 aromatic rings. The molecule has 6 heteroatoms. The van der Waals surface area contributed by atoms with E-state index in [1.807, 2.05) is 24.3 Å². The Morgan fingerprint density at radius 1 is 1.00 bits per heavy atom. The van der Waals surface area contributed by atoms with E-state index in [0.717, 1.165) is 37.1 Å². The summed E-state index contributed by atoms with van der Waals surface area (Å²) in [4.78, 5) is 20.8. The molecule has 0 bridgehead atoms. The summed E-state index contributed by atoms with van der Waals surface area (Å²) in [7, 11) is 0. The minimum absolute atomic E-state index is 0.0408. The minimum atomic E-state index is -0.540. The summed E-state index contributed by atoms with van der Waals surface area (Å²) < 4.78 is 1.89. The Hall–Kier alpha value is -2.15. The van der Waals surface area contributed by atoms with Crippen LogP contribution in [-0.4, -0.2) is 20.9 Å². The van der Waals surface area contributed by atoms with Crippen molar-refractivity contribution in [2.24, 2.45) is 0 Å². The van der Waals surface area contributed by atoms with Gasteiger partial charge >= 0.3 is 0 Å². The van der Waals surface area contributed by atoms with Crippen LogP contribution in [0.3, 0.4) is 0 Å². The molecule has 120 valence electrons. The smallest absolute Gasteiger partial charge is 0.161 e. The number of aliphatic hydroxyl groups is 1. The van der Waals surface area contributed by atoms with Crippen molar-refractivity contribution in [2.75, 3.05) is 0 Å². The molecule has 0 amide bonds. The fourth-order valence-electron chi connectivity index (χ4n) is 2.96. The Labute approximate surface area is 146 Å². The highest BCUT2D eigenvalue weighted by Gasteiger charge is 2.18. The molecule has 4 rings (SSSR count). The second kappa shape index (κ2) is 5.73. The van der Waals surface area contributed by atoms with Crippen LogP contribution >= 0.6 is 22.7 Å². The van der Waals surface area contributed by atoms with Gasteiger partial charge in [-0.2, -0.15) is 0 Å². The number of aromatic nitrogens is 2. The Kier molecular flexibility index (Phi) is 3.68. The van der Waals surface area contributed by atoms with Crippen molar-refractivity contribution in [3.8, 4) is 11.1 Å². The maximum absolute atomic E-state index is 11.8. The molecule has 0 aliphatic heterocycles. The van der Waals surface area contributed by atoms with Crippen LogP contribution < -0.4 is 0 Å². The van der Waals surface area contributed by atoms with Crippen LogP contribution in [0.5, 0.6) is 0 Å². The third-order valence-electron chi connectivity index (χ3n) is 4.12. The molecule has 0 aliphatic rings.